The monoisotopic (exact) mass is 299 g/mol. The highest BCUT2D eigenvalue weighted by molar-refractivity contribution is 5.94. The summed E-state index contributed by atoms with van der Waals surface area (Å²) in [6, 6.07) is 8.02. The molecule has 5 heteroatoms. The average molecular weight is 299 g/mol. The van der Waals surface area contributed by atoms with Crippen LogP contribution in [0.2, 0.25) is 0 Å². The highest BCUT2D eigenvalue weighted by Crippen LogP contribution is 2.17. The summed E-state index contributed by atoms with van der Waals surface area (Å²) < 4.78 is 5.44. The number of piperazine rings is 1. The maximum atomic E-state index is 12.6. The normalized spacial score (nSPS) is 22.5. The maximum absolute atomic E-state index is 12.6. The van der Waals surface area contributed by atoms with Crippen molar-refractivity contribution in [3.05, 3.63) is 34.9 Å². The number of aryl methyl sites for hydroxylation is 1. The molecular weight excluding hydrogens is 278 g/mol. The van der Waals surface area contributed by atoms with Gasteiger partial charge in [-0.2, -0.15) is 5.26 Å². The van der Waals surface area contributed by atoms with Gasteiger partial charge in [0.25, 0.3) is 5.91 Å². The topological polar surface area (TPSA) is 56.6 Å². The van der Waals surface area contributed by atoms with Gasteiger partial charge >= 0.3 is 0 Å². The molecule has 22 heavy (non-hydrogen) atoms. The summed E-state index contributed by atoms with van der Waals surface area (Å²) in [5.41, 5.74) is 2.09. The van der Waals surface area contributed by atoms with Gasteiger partial charge in [0.1, 0.15) is 0 Å². The van der Waals surface area contributed by atoms with Gasteiger partial charge in [0, 0.05) is 44.4 Å². The second-order valence-corrected chi connectivity index (χ2v) is 5.99. The van der Waals surface area contributed by atoms with Crippen LogP contribution in [0.4, 0.5) is 0 Å². The van der Waals surface area contributed by atoms with Crippen LogP contribution in [-0.4, -0.2) is 61.1 Å². The molecule has 0 saturated carbocycles. The van der Waals surface area contributed by atoms with Crippen LogP contribution in [0.3, 0.4) is 0 Å². The van der Waals surface area contributed by atoms with Gasteiger partial charge < -0.3 is 9.64 Å². The zero-order valence-electron chi connectivity index (χ0n) is 12.9. The SMILES string of the molecule is Cc1ccc(C(=O)N2CCN(C3CCOC3)CC2)cc1C#N. The van der Waals surface area contributed by atoms with E-state index in [4.69, 9.17) is 10.00 Å². The van der Waals surface area contributed by atoms with Crippen molar-refractivity contribution in [2.24, 2.45) is 0 Å². The quantitative estimate of drug-likeness (QED) is 0.828. The summed E-state index contributed by atoms with van der Waals surface area (Å²) in [6.45, 7) is 6.83. The number of nitriles is 1. The predicted octanol–water partition coefficient (Wildman–Crippen LogP) is 1.41. The van der Waals surface area contributed by atoms with Crippen molar-refractivity contribution in [3.8, 4) is 6.07 Å². The van der Waals surface area contributed by atoms with Crippen molar-refractivity contribution < 1.29 is 9.53 Å². The fourth-order valence-electron chi connectivity index (χ4n) is 3.16. The van der Waals surface area contributed by atoms with E-state index in [1.807, 2.05) is 24.0 Å². The van der Waals surface area contributed by atoms with Gasteiger partial charge in [-0.25, -0.2) is 0 Å². The van der Waals surface area contributed by atoms with Crippen molar-refractivity contribution in [3.63, 3.8) is 0 Å². The van der Waals surface area contributed by atoms with E-state index in [9.17, 15) is 4.79 Å². The van der Waals surface area contributed by atoms with Gasteiger partial charge in [0.15, 0.2) is 0 Å². The summed E-state index contributed by atoms with van der Waals surface area (Å²) in [6.07, 6.45) is 1.09. The number of benzene rings is 1. The minimum atomic E-state index is 0.0267. The minimum Gasteiger partial charge on any atom is -0.380 e. The molecule has 0 aromatic heterocycles. The molecular formula is C17H21N3O2. The second-order valence-electron chi connectivity index (χ2n) is 5.99. The lowest BCUT2D eigenvalue weighted by Crippen LogP contribution is -2.52. The summed E-state index contributed by atoms with van der Waals surface area (Å²) >= 11 is 0. The van der Waals surface area contributed by atoms with E-state index in [1.165, 1.54) is 0 Å². The zero-order chi connectivity index (χ0) is 15.5. The largest absolute Gasteiger partial charge is 0.380 e. The number of ether oxygens (including phenoxy) is 1. The van der Waals surface area contributed by atoms with Crippen LogP contribution >= 0.6 is 0 Å². The van der Waals surface area contributed by atoms with Gasteiger partial charge in [0.05, 0.1) is 18.2 Å². The highest BCUT2D eigenvalue weighted by Gasteiger charge is 2.28. The van der Waals surface area contributed by atoms with Crippen LogP contribution in [0, 0.1) is 18.3 Å². The Labute approximate surface area is 131 Å². The minimum absolute atomic E-state index is 0.0267. The van der Waals surface area contributed by atoms with Gasteiger partial charge in [0.2, 0.25) is 0 Å². The lowest BCUT2D eigenvalue weighted by atomic mass is 10.0. The van der Waals surface area contributed by atoms with E-state index in [1.54, 1.807) is 6.07 Å². The third kappa shape index (κ3) is 2.99. The molecule has 1 aromatic carbocycles. The first-order valence-corrected chi connectivity index (χ1v) is 7.81. The molecule has 5 nitrogen and oxygen atoms in total. The molecule has 1 atom stereocenters. The molecule has 0 aliphatic carbocycles. The molecule has 2 heterocycles. The third-order valence-electron chi connectivity index (χ3n) is 4.63. The van der Waals surface area contributed by atoms with Gasteiger partial charge in [-0.1, -0.05) is 6.07 Å². The fraction of sp³-hybridized carbons (Fsp3) is 0.529. The smallest absolute Gasteiger partial charge is 0.253 e. The summed E-state index contributed by atoms with van der Waals surface area (Å²) in [7, 11) is 0. The molecule has 0 bridgehead atoms. The van der Waals surface area contributed by atoms with Crippen molar-refractivity contribution in [1.29, 1.82) is 5.26 Å². The Bertz CT molecular complexity index is 594. The number of carbonyl (C=O) groups excluding carboxylic acids is 1. The van der Waals surface area contributed by atoms with E-state index < -0.39 is 0 Å². The number of hydrogen-bond donors (Lipinski definition) is 0. The van der Waals surface area contributed by atoms with E-state index in [2.05, 4.69) is 11.0 Å². The number of amides is 1. The number of hydrogen-bond acceptors (Lipinski definition) is 4. The van der Waals surface area contributed by atoms with E-state index in [0.29, 0.717) is 17.2 Å². The highest BCUT2D eigenvalue weighted by atomic mass is 16.5. The molecule has 0 spiro atoms. The van der Waals surface area contributed by atoms with Crippen LogP contribution in [0.25, 0.3) is 0 Å². The molecule has 2 aliphatic heterocycles. The van der Waals surface area contributed by atoms with Crippen molar-refractivity contribution >= 4 is 5.91 Å². The summed E-state index contributed by atoms with van der Waals surface area (Å²) in [4.78, 5) is 16.9. The molecule has 116 valence electrons. The van der Waals surface area contributed by atoms with Gasteiger partial charge in [-0.3, -0.25) is 9.69 Å². The zero-order valence-corrected chi connectivity index (χ0v) is 12.9. The molecule has 0 N–H and O–H groups in total. The van der Waals surface area contributed by atoms with Crippen LogP contribution in [0.15, 0.2) is 18.2 Å². The molecule has 2 fully saturated rings. The second kappa shape index (κ2) is 6.47. The number of nitrogens with zero attached hydrogens (tertiary/aromatic N) is 3. The van der Waals surface area contributed by atoms with Crippen LogP contribution < -0.4 is 0 Å². The maximum Gasteiger partial charge on any atom is 0.253 e. The lowest BCUT2D eigenvalue weighted by molar-refractivity contribution is 0.0549. The molecule has 1 unspecified atom stereocenters. The Morgan fingerprint density at radius 3 is 2.73 bits per heavy atom. The van der Waals surface area contributed by atoms with Crippen molar-refractivity contribution in [1.82, 2.24) is 9.80 Å². The summed E-state index contributed by atoms with van der Waals surface area (Å²) in [5.74, 6) is 0.0267. The standard InChI is InChI=1S/C17H21N3O2/c1-13-2-3-14(10-15(13)11-18)17(21)20-7-5-19(6-8-20)16-4-9-22-12-16/h2-3,10,16H,4-9,12H2,1H3. The molecule has 1 aromatic rings. The summed E-state index contributed by atoms with van der Waals surface area (Å²) in [5, 5.41) is 9.10. The molecule has 2 saturated heterocycles. The first-order valence-electron chi connectivity index (χ1n) is 7.81. The Hall–Kier alpha value is -1.90. The Morgan fingerprint density at radius 2 is 2.09 bits per heavy atom. The third-order valence-corrected chi connectivity index (χ3v) is 4.63. The molecule has 0 radical (unpaired) electrons. The molecule has 2 aliphatic rings. The van der Waals surface area contributed by atoms with Crippen molar-refractivity contribution in [2.45, 2.75) is 19.4 Å². The van der Waals surface area contributed by atoms with Crippen molar-refractivity contribution in [2.75, 3.05) is 39.4 Å². The van der Waals surface area contributed by atoms with Crippen LogP contribution in [-0.2, 0) is 4.74 Å². The van der Waals surface area contributed by atoms with Crippen LogP contribution in [0.1, 0.15) is 27.9 Å². The Kier molecular flexibility index (Phi) is 4.41. The first-order chi connectivity index (χ1) is 10.7. The number of rotatable bonds is 2. The van der Waals surface area contributed by atoms with E-state index in [0.717, 1.165) is 51.4 Å². The van der Waals surface area contributed by atoms with E-state index in [-0.39, 0.29) is 5.91 Å². The molecule has 3 rings (SSSR count). The van der Waals surface area contributed by atoms with Gasteiger partial charge in [-0.15, -0.1) is 0 Å². The average Bonchev–Trinajstić information content (AvgIpc) is 3.09. The predicted molar refractivity (Wildman–Crippen MR) is 82.6 cm³/mol. The molecule has 1 amide bonds. The fourth-order valence-corrected chi connectivity index (χ4v) is 3.16. The Balaban J connectivity index is 1.63. The first kappa shape index (κ1) is 15.0. The lowest BCUT2D eigenvalue weighted by Gasteiger charge is -2.37. The van der Waals surface area contributed by atoms with Crippen LogP contribution in [0.5, 0.6) is 0 Å². The van der Waals surface area contributed by atoms with Gasteiger partial charge in [-0.05, 0) is 31.0 Å². The van der Waals surface area contributed by atoms with E-state index >= 15 is 0 Å². The Morgan fingerprint density at radius 1 is 1.32 bits per heavy atom. The number of carbonyl (C=O) groups is 1.